The third-order valence-electron chi connectivity index (χ3n) is 11.4. The number of hydrogen-bond donors (Lipinski definition) is 4. The molecule has 0 radical (unpaired) electrons. The highest BCUT2D eigenvalue weighted by Gasteiger charge is 2.26. The summed E-state index contributed by atoms with van der Waals surface area (Å²) in [5.74, 6) is 0.0284. The average molecular weight is 894 g/mol. The topological polar surface area (TPSA) is 215 Å². The van der Waals surface area contributed by atoms with E-state index >= 15 is 0 Å². The van der Waals surface area contributed by atoms with E-state index in [-0.39, 0.29) is 40.7 Å². The molecule has 1 aliphatic heterocycles. The van der Waals surface area contributed by atoms with Crippen molar-refractivity contribution in [1.29, 1.82) is 0 Å². The summed E-state index contributed by atoms with van der Waals surface area (Å²) in [6.45, 7) is 12.2. The summed E-state index contributed by atoms with van der Waals surface area (Å²) < 4.78 is 12.9. The molecule has 1 saturated carbocycles. The number of aryl methyl sites for hydroxylation is 3. The van der Waals surface area contributed by atoms with Gasteiger partial charge in [0.1, 0.15) is 11.5 Å². The number of nitrogens with zero attached hydrogens (tertiary/aromatic N) is 7. The first-order chi connectivity index (χ1) is 30.9. The molecular weight excluding hydrogens is 839 g/mol. The van der Waals surface area contributed by atoms with Crippen molar-refractivity contribution in [2.24, 2.45) is 0 Å². The fourth-order valence-corrected chi connectivity index (χ4v) is 8.71. The van der Waals surface area contributed by atoms with Crippen LogP contribution < -0.4 is 31.7 Å². The van der Waals surface area contributed by atoms with Gasteiger partial charge in [-0.2, -0.15) is 4.98 Å². The zero-order chi connectivity index (χ0) is 45.2. The summed E-state index contributed by atoms with van der Waals surface area (Å²) in [6, 6.07) is 8.78. The number of fused-ring (bicyclic) bond motifs is 1. The Labute approximate surface area is 375 Å². The number of nitrogens with one attached hydrogen (secondary N) is 4. The number of anilines is 4. The van der Waals surface area contributed by atoms with E-state index in [4.69, 9.17) is 14.5 Å². The third kappa shape index (κ3) is 11.5. The Balaban J connectivity index is 0.753. The number of rotatable bonds is 19. The molecule has 2 fully saturated rings. The molecule has 5 aromatic rings. The Bertz CT molecular complexity index is 2530. The summed E-state index contributed by atoms with van der Waals surface area (Å²) in [7, 11) is 0. The zero-order valence-corrected chi connectivity index (χ0v) is 37.5. The number of carbonyl (C=O) groups excluding carboxylic acids is 4. The number of aromatic nitrogens is 5. The second-order valence-electron chi connectivity index (χ2n) is 16.0. The molecule has 1 aromatic carbocycles. The highest BCUT2D eigenvalue weighted by molar-refractivity contribution is 7.15. The first kappa shape index (κ1) is 45.9. The van der Waals surface area contributed by atoms with Crippen LogP contribution in [0.5, 0.6) is 0 Å². The van der Waals surface area contributed by atoms with Crippen LogP contribution in [0, 0.1) is 20.8 Å². The Morgan fingerprint density at radius 1 is 0.828 bits per heavy atom. The van der Waals surface area contributed by atoms with Gasteiger partial charge >= 0.3 is 0 Å². The molecule has 1 aliphatic carbocycles. The van der Waals surface area contributed by atoms with E-state index in [9.17, 15) is 24.0 Å². The largest absolute Gasteiger partial charge is 0.377 e. The van der Waals surface area contributed by atoms with E-state index in [1.54, 1.807) is 55.2 Å². The molecule has 338 valence electrons. The van der Waals surface area contributed by atoms with Crippen molar-refractivity contribution < 1.29 is 28.7 Å². The molecule has 19 heteroatoms. The predicted molar refractivity (Wildman–Crippen MR) is 245 cm³/mol. The normalized spacial score (nSPS) is 14.5. The Morgan fingerprint density at radius 3 is 2.22 bits per heavy atom. The summed E-state index contributed by atoms with van der Waals surface area (Å²) in [6.07, 6.45) is 8.96. The highest BCUT2D eigenvalue weighted by atomic mass is 32.1. The van der Waals surface area contributed by atoms with Crippen LogP contribution in [0.25, 0.3) is 11.0 Å². The summed E-state index contributed by atoms with van der Waals surface area (Å²) >= 11 is 1.40. The van der Waals surface area contributed by atoms with E-state index < -0.39 is 0 Å². The zero-order valence-electron chi connectivity index (χ0n) is 36.7. The van der Waals surface area contributed by atoms with Crippen molar-refractivity contribution in [1.82, 2.24) is 40.0 Å². The Hall–Kier alpha value is -6.15. The molecule has 18 nitrogen and oxygen atoms in total. The van der Waals surface area contributed by atoms with Gasteiger partial charge in [-0.05, 0) is 82.0 Å². The van der Waals surface area contributed by atoms with Crippen molar-refractivity contribution in [3.05, 3.63) is 92.0 Å². The summed E-state index contributed by atoms with van der Waals surface area (Å²) in [4.78, 5) is 87.3. The predicted octanol–water partition coefficient (Wildman–Crippen LogP) is 4.58. The maximum absolute atomic E-state index is 13.5. The minimum absolute atomic E-state index is 0.00479. The molecule has 5 heterocycles. The molecule has 4 aromatic heterocycles. The highest BCUT2D eigenvalue weighted by Crippen LogP contribution is 2.32. The van der Waals surface area contributed by atoms with E-state index in [2.05, 4.69) is 46.0 Å². The van der Waals surface area contributed by atoms with Gasteiger partial charge < -0.3 is 30.3 Å². The molecule has 2 aliphatic rings. The lowest BCUT2D eigenvalue weighted by Crippen LogP contribution is -2.49. The standard InChI is InChI=1S/C45H55N11O7S/c1-28-23-32(9-11-35(28)42(60)53-45-50-24-29(2)64-45)41(59)47-14-20-63-22-21-62-19-13-46-38(58)27-54-15-17-55(18-16-54)34-10-12-37(48-25-34)51-44-49-26-36-30(3)39(31(4)57)43(61)56(40(36)52-44)33-7-5-6-8-33/h9-12,23-26,33H,5-8,13-22,27H2,1-4H3,(H,46,58)(H,47,59)(H,50,53,60)(H,48,49,51,52). The van der Waals surface area contributed by atoms with Crippen LogP contribution in [-0.4, -0.2) is 125 Å². The molecule has 0 bridgehead atoms. The number of benzene rings is 1. The number of ketones is 1. The average Bonchev–Trinajstić information content (AvgIpc) is 3.96. The number of carbonyl (C=O) groups is 4. The molecule has 0 atom stereocenters. The quantitative estimate of drug-likeness (QED) is 0.0660. The van der Waals surface area contributed by atoms with Gasteiger partial charge in [0.25, 0.3) is 17.4 Å². The van der Waals surface area contributed by atoms with E-state index in [0.29, 0.717) is 96.2 Å². The number of hydrogen-bond acceptors (Lipinski definition) is 15. The van der Waals surface area contributed by atoms with Gasteiger partial charge in [0.05, 0.1) is 50.4 Å². The van der Waals surface area contributed by atoms with Gasteiger partial charge in [0, 0.05) is 79.1 Å². The minimum atomic E-state index is -0.288. The molecule has 64 heavy (non-hydrogen) atoms. The SMILES string of the molecule is CC(=O)c1c(C)c2cnc(Nc3ccc(N4CCN(CC(=O)NCCOCCOCCNC(=O)c5ccc(C(=O)Nc6ncc(C)s6)c(C)c5)CC4)cn3)nc2n(C2CCCC2)c1=O. The van der Waals surface area contributed by atoms with Gasteiger partial charge in [-0.25, -0.2) is 15.0 Å². The van der Waals surface area contributed by atoms with Crippen LogP contribution in [-0.2, 0) is 14.3 Å². The lowest BCUT2D eigenvalue weighted by Gasteiger charge is -2.35. The molecule has 3 amide bonds. The maximum Gasteiger partial charge on any atom is 0.263 e. The van der Waals surface area contributed by atoms with Gasteiger partial charge in [0.15, 0.2) is 10.9 Å². The number of Topliss-reactive ketones (excluding diaryl/α,β-unsaturated/α-hetero) is 1. The van der Waals surface area contributed by atoms with Gasteiger partial charge in [0.2, 0.25) is 11.9 Å². The van der Waals surface area contributed by atoms with Crippen LogP contribution >= 0.6 is 11.3 Å². The van der Waals surface area contributed by atoms with Crippen LogP contribution in [0.2, 0.25) is 0 Å². The van der Waals surface area contributed by atoms with Crippen LogP contribution in [0.4, 0.5) is 22.6 Å². The molecule has 0 unspecified atom stereocenters. The molecular formula is C45H55N11O7S. The van der Waals surface area contributed by atoms with Gasteiger partial charge in [-0.15, -0.1) is 11.3 Å². The Kier molecular flexibility index (Phi) is 15.4. The van der Waals surface area contributed by atoms with Crippen molar-refractivity contribution in [2.45, 2.75) is 59.4 Å². The van der Waals surface area contributed by atoms with Crippen LogP contribution in [0.15, 0.2) is 53.7 Å². The second-order valence-corrected chi connectivity index (χ2v) is 17.2. The van der Waals surface area contributed by atoms with E-state index in [0.717, 1.165) is 62.4 Å². The van der Waals surface area contributed by atoms with Crippen LogP contribution in [0.3, 0.4) is 0 Å². The van der Waals surface area contributed by atoms with Crippen LogP contribution in [0.1, 0.15) is 85.7 Å². The molecule has 0 spiro atoms. The lowest BCUT2D eigenvalue weighted by molar-refractivity contribution is -0.122. The number of amides is 3. The number of thiazole rings is 1. The fourth-order valence-electron chi connectivity index (χ4n) is 8.05. The van der Waals surface area contributed by atoms with E-state index in [1.165, 1.54) is 18.3 Å². The summed E-state index contributed by atoms with van der Waals surface area (Å²) in [5.41, 5.74) is 3.61. The van der Waals surface area contributed by atoms with Crippen molar-refractivity contribution >= 4 is 68.5 Å². The number of ether oxygens (including phenoxy) is 2. The Morgan fingerprint density at radius 2 is 1.56 bits per heavy atom. The first-order valence-electron chi connectivity index (χ1n) is 21.6. The second kappa shape index (κ2) is 21.5. The molecule has 7 rings (SSSR count). The van der Waals surface area contributed by atoms with Crippen molar-refractivity contribution in [3.8, 4) is 0 Å². The van der Waals surface area contributed by atoms with Crippen molar-refractivity contribution in [2.75, 3.05) is 87.8 Å². The van der Waals surface area contributed by atoms with Gasteiger partial charge in [-0.1, -0.05) is 12.8 Å². The van der Waals surface area contributed by atoms with Gasteiger partial charge in [-0.3, -0.25) is 38.8 Å². The monoisotopic (exact) mass is 893 g/mol. The third-order valence-corrected chi connectivity index (χ3v) is 12.2. The number of piperazine rings is 1. The minimum Gasteiger partial charge on any atom is -0.377 e. The lowest BCUT2D eigenvalue weighted by atomic mass is 10.0. The van der Waals surface area contributed by atoms with E-state index in [1.807, 2.05) is 19.1 Å². The molecule has 1 saturated heterocycles. The van der Waals surface area contributed by atoms with Crippen molar-refractivity contribution in [3.63, 3.8) is 0 Å². The molecule has 4 N–H and O–H groups in total. The maximum atomic E-state index is 13.5. The number of pyridine rings is 2. The fraction of sp³-hybridized carbons (Fsp3) is 0.444. The summed E-state index contributed by atoms with van der Waals surface area (Å²) in [5, 5.41) is 12.9. The first-order valence-corrected chi connectivity index (χ1v) is 22.4. The smallest absolute Gasteiger partial charge is 0.263 e.